The van der Waals surface area contributed by atoms with E-state index in [9.17, 15) is 4.79 Å². The zero-order chi connectivity index (χ0) is 12.1. The van der Waals surface area contributed by atoms with Crippen LogP contribution in [0.3, 0.4) is 0 Å². The molecule has 0 amide bonds. The molecule has 1 atom stereocenters. The predicted molar refractivity (Wildman–Crippen MR) is 68.1 cm³/mol. The number of Topliss-reactive ketones (excluding diaryl/α,β-unsaturated/α-hetero) is 1. The van der Waals surface area contributed by atoms with Crippen LogP contribution in [0.2, 0.25) is 0 Å². The summed E-state index contributed by atoms with van der Waals surface area (Å²) in [6, 6.07) is 0. The minimum atomic E-state index is 0.302. The highest BCUT2D eigenvalue weighted by atomic mass is 32.2. The summed E-state index contributed by atoms with van der Waals surface area (Å²) in [6.45, 7) is 2.13. The molecule has 0 saturated heterocycles. The Morgan fingerprint density at radius 3 is 3.12 bits per heavy atom. The molecule has 4 nitrogen and oxygen atoms in total. The molecule has 17 heavy (non-hydrogen) atoms. The minimum Gasteiger partial charge on any atom is -0.299 e. The molecule has 1 fully saturated rings. The van der Waals surface area contributed by atoms with Gasteiger partial charge in [0, 0.05) is 24.5 Å². The normalized spacial score (nSPS) is 20.1. The van der Waals surface area contributed by atoms with Crippen molar-refractivity contribution in [2.24, 2.45) is 5.92 Å². The number of nitrogens with zero attached hydrogens (tertiary/aromatic N) is 2. The lowest BCUT2D eigenvalue weighted by Gasteiger charge is -2.04. The van der Waals surface area contributed by atoms with Crippen LogP contribution < -0.4 is 0 Å². The molecular formula is C12H19N3OS. The van der Waals surface area contributed by atoms with Crippen LogP contribution in [0.15, 0.2) is 5.16 Å². The number of hydrogen-bond donors (Lipinski definition) is 1. The lowest BCUT2D eigenvalue weighted by atomic mass is 10.1. The Morgan fingerprint density at radius 2 is 2.41 bits per heavy atom. The number of H-pyrrole nitrogens is 1. The summed E-state index contributed by atoms with van der Waals surface area (Å²) in [4.78, 5) is 15.9. The molecule has 0 aliphatic heterocycles. The van der Waals surface area contributed by atoms with Crippen molar-refractivity contribution in [2.45, 2.75) is 50.6 Å². The molecule has 0 radical (unpaired) electrons. The number of hydrogen-bond acceptors (Lipinski definition) is 4. The summed E-state index contributed by atoms with van der Waals surface area (Å²) in [6.07, 6.45) is 5.95. The lowest BCUT2D eigenvalue weighted by molar-refractivity contribution is -0.120. The summed E-state index contributed by atoms with van der Waals surface area (Å²) in [7, 11) is 0. The summed E-state index contributed by atoms with van der Waals surface area (Å²) >= 11 is 1.65. The van der Waals surface area contributed by atoms with Gasteiger partial charge in [0.05, 0.1) is 0 Å². The van der Waals surface area contributed by atoms with Crippen molar-refractivity contribution in [1.82, 2.24) is 15.2 Å². The number of aromatic amines is 1. The molecular weight excluding hydrogens is 234 g/mol. The van der Waals surface area contributed by atoms with E-state index >= 15 is 0 Å². The highest BCUT2D eigenvalue weighted by Crippen LogP contribution is 2.26. The quantitative estimate of drug-likeness (QED) is 0.792. The summed E-state index contributed by atoms with van der Waals surface area (Å²) in [5.41, 5.74) is 0. The Bertz CT molecular complexity index is 378. The van der Waals surface area contributed by atoms with Gasteiger partial charge in [-0.25, -0.2) is 4.98 Å². The molecule has 1 aliphatic carbocycles. The van der Waals surface area contributed by atoms with Gasteiger partial charge in [0.25, 0.3) is 0 Å². The van der Waals surface area contributed by atoms with Gasteiger partial charge >= 0.3 is 0 Å². The van der Waals surface area contributed by atoms with Crippen LogP contribution in [0.25, 0.3) is 0 Å². The first-order chi connectivity index (χ1) is 8.29. The third-order valence-corrected chi connectivity index (χ3v) is 4.01. The second-order valence-corrected chi connectivity index (χ2v) is 5.57. The van der Waals surface area contributed by atoms with Crippen LogP contribution in [0, 0.1) is 5.92 Å². The Morgan fingerprint density at radius 1 is 1.53 bits per heavy atom. The first-order valence-corrected chi connectivity index (χ1v) is 7.35. The largest absolute Gasteiger partial charge is 0.299 e. The maximum absolute atomic E-state index is 11.5. The van der Waals surface area contributed by atoms with Crippen LogP contribution in [-0.4, -0.2) is 26.7 Å². The van der Waals surface area contributed by atoms with E-state index in [1.165, 1.54) is 0 Å². The van der Waals surface area contributed by atoms with Gasteiger partial charge in [-0.05, 0) is 25.7 Å². The topological polar surface area (TPSA) is 58.6 Å². The number of carbonyl (C=O) groups excluding carboxylic acids is 1. The molecule has 0 aromatic carbocycles. The Balaban J connectivity index is 1.72. The van der Waals surface area contributed by atoms with Crippen molar-refractivity contribution in [3.05, 3.63) is 5.82 Å². The van der Waals surface area contributed by atoms with Gasteiger partial charge in [0.2, 0.25) is 5.16 Å². The van der Waals surface area contributed by atoms with Crippen molar-refractivity contribution >= 4 is 17.5 Å². The number of carbonyl (C=O) groups is 1. The zero-order valence-corrected chi connectivity index (χ0v) is 11.1. The van der Waals surface area contributed by atoms with E-state index in [4.69, 9.17) is 0 Å². The van der Waals surface area contributed by atoms with E-state index in [0.717, 1.165) is 55.3 Å². The second kappa shape index (κ2) is 6.19. The van der Waals surface area contributed by atoms with E-state index in [1.54, 1.807) is 11.8 Å². The fraction of sp³-hybridized carbons (Fsp3) is 0.750. The number of ketones is 1. The summed E-state index contributed by atoms with van der Waals surface area (Å²) < 4.78 is 0. The molecule has 1 aliphatic rings. The van der Waals surface area contributed by atoms with E-state index in [-0.39, 0.29) is 0 Å². The first kappa shape index (κ1) is 12.6. The number of nitrogens with one attached hydrogen (secondary N) is 1. The molecule has 1 N–H and O–H groups in total. The molecule has 5 heteroatoms. The van der Waals surface area contributed by atoms with Crippen LogP contribution in [-0.2, 0) is 11.2 Å². The third kappa shape index (κ3) is 3.56. The lowest BCUT2D eigenvalue weighted by Crippen LogP contribution is -2.06. The zero-order valence-electron chi connectivity index (χ0n) is 10.2. The van der Waals surface area contributed by atoms with Gasteiger partial charge < -0.3 is 0 Å². The summed E-state index contributed by atoms with van der Waals surface area (Å²) in [5, 5.41) is 7.92. The van der Waals surface area contributed by atoms with E-state index < -0.39 is 0 Å². The maximum atomic E-state index is 11.5. The fourth-order valence-electron chi connectivity index (χ4n) is 2.18. The number of aryl methyl sites for hydroxylation is 1. The van der Waals surface area contributed by atoms with Crippen molar-refractivity contribution in [2.75, 3.05) is 5.75 Å². The maximum Gasteiger partial charge on any atom is 0.208 e. The van der Waals surface area contributed by atoms with Gasteiger partial charge in [0.1, 0.15) is 11.6 Å². The molecule has 1 saturated carbocycles. The average molecular weight is 253 g/mol. The number of aromatic nitrogens is 3. The smallest absolute Gasteiger partial charge is 0.208 e. The van der Waals surface area contributed by atoms with Crippen LogP contribution in [0.4, 0.5) is 0 Å². The van der Waals surface area contributed by atoms with Crippen LogP contribution >= 0.6 is 11.8 Å². The predicted octanol–water partition coefficient (Wildman–Crippen LogP) is 2.61. The van der Waals surface area contributed by atoms with Gasteiger partial charge in [-0.2, -0.15) is 0 Å². The molecule has 1 aromatic heterocycles. The molecule has 1 heterocycles. The average Bonchev–Trinajstić information content (AvgIpc) is 2.90. The number of rotatable bonds is 6. The Labute approximate surface area is 106 Å². The van der Waals surface area contributed by atoms with Gasteiger partial charge in [-0.1, -0.05) is 18.7 Å². The Kier molecular flexibility index (Phi) is 4.59. The molecule has 2 rings (SSSR count). The SMILES string of the molecule is CCCc1nc(SCC[C@H]2CCCC2=O)n[nH]1. The van der Waals surface area contributed by atoms with Crippen molar-refractivity contribution in [3.63, 3.8) is 0 Å². The van der Waals surface area contributed by atoms with Crippen LogP contribution in [0.1, 0.15) is 44.9 Å². The highest BCUT2D eigenvalue weighted by Gasteiger charge is 2.23. The molecule has 0 spiro atoms. The van der Waals surface area contributed by atoms with Gasteiger partial charge in [0.15, 0.2) is 0 Å². The highest BCUT2D eigenvalue weighted by molar-refractivity contribution is 7.99. The van der Waals surface area contributed by atoms with Gasteiger partial charge in [-0.3, -0.25) is 9.89 Å². The van der Waals surface area contributed by atoms with Gasteiger partial charge in [-0.15, -0.1) is 5.10 Å². The minimum absolute atomic E-state index is 0.302. The van der Waals surface area contributed by atoms with Crippen molar-refractivity contribution in [1.29, 1.82) is 0 Å². The fourth-order valence-corrected chi connectivity index (χ4v) is 3.05. The van der Waals surface area contributed by atoms with E-state index in [2.05, 4.69) is 22.1 Å². The van der Waals surface area contributed by atoms with E-state index in [0.29, 0.717) is 11.7 Å². The third-order valence-electron chi connectivity index (χ3n) is 3.13. The van der Waals surface area contributed by atoms with Crippen LogP contribution in [0.5, 0.6) is 0 Å². The Hall–Kier alpha value is -0.840. The van der Waals surface area contributed by atoms with Crippen molar-refractivity contribution in [3.8, 4) is 0 Å². The molecule has 0 unspecified atom stereocenters. The number of thioether (sulfide) groups is 1. The molecule has 0 bridgehead atoms. The standard InChI is InChI=1S/C12H19N3OS/c1-2-4-11-13-12(15-14-11)17-8-7-9-5-3-6-10(9)16/h9H,2-8H2,1H3,(H,13,14,15)/t9-/m1/s1. The molecule has 1 aromatic rings. The molecule has 94 valence electrons. The van der Waals surface area contributed by atoms with Crippen molar-refractivity contribution < 1.29 is 4.79 Å². The van der Waals surface area contributed by atoms with E-state index in [1.807, 2.05) is 0 Å². The monoisotopic (exact) mass is 253 g/mol. The summed E-state index contributed by atoms with van der Waals surface area (Å²) in [5.74, 6) is 2.66. The first-order valence-electron chi connectivity index (χ1n) is 6.36. The second-order valence-electron chi connectivity index (χ2n) is 4.51.